The minimum atomic E-state index is -0.963. The lowest BCUT2D eigenvalue weighted by atomic mass is 10.1. The first-order valence-corrected chi connectivity index (χ1v) is 6.38. The Kier molecular flexibility index (Phi) is 4.56. The number of rotatable bonds is 5. The van der Waals surface area contributed by atoms with Gasteiger partial charge in [-0.05, 0) is 55.0 Å². The molecule has 0 aromatic heterocycles. The number of nitrogens with zero attached hydrogens (tertiary/aromatic N) is 1. The zero-order valence-corrected chi connectivity index (χ0v) is 11.8. The summed E-state index contributed by atoms with van der Waals surface area (Å²) in [7, 11) is 1.62. The quantitative estimate of drug-likeness (QED) is 0.653. The van der Waals surface area contributed by atoms with Crippen molar-refractivity contribution in [3.63, 3.8) is 0 Å². The Morgan fingerprint density at radius 3 is 2.48 bits per heavy atom. The molecular weight excluding hydrogens is 268 g/mol. The van der Waals surface area contributed by atoms with Gasteiger partial charge in [-0.2, -0.15) is 5.10 Å². The van der Waals surface area contributed by atoms with Gasteiger partial charge >= 0.3 is 5.97 Å². The number of aromatic carboxylic acids is 1. The third kappa shape index (κ3) is 3.82. The number of benzene rings is 2. The van der Waals surface area contributed by atoms with Crippen molar-refractivity contribution in [1.82, 2.24) is 0 Å². The summed E-state index contributed by atoms with van der Waals surface area (Å²) in [4.78, 5) is 10.9. The molecule has 5 nitrogen and oxygen atoms in total. The fourth-order valence-corrected chi connectivity index (χ4v) is 1.77. The van der Waals surface area contributed by atoms with Crippen LogP contribution in [0.25, 0.3) is 0 Å². The number of carboxylic acid groups (broad SMARTS) is 1. The highest BCUT2D eigenvalue weighted by molar-refractivity contribution is 5.99. The number of hydrogen-bond acceptors (Lipinski definition) is 4. The molecule has 0 radical (unpaired) electrons. The molecule has 2 N–H and O–H groups in total. The van der Waals surface area contributed by atoms with Crippen LogP contribution in [-0.2, 0) is 0 Å². The van der Waals surface area contributed by atoms with E-state index in [-0.39, 0.29) is 5.56 Å². The average Bonchev–Trinajstić information content (AvgIpc) is 2.53. The van der Waals surface area contributed by atoms with E-state index in [1.54, 1.807) is 19.2 Å². The number of ether oxygens (including phenoxy) is 1. The second kappa shape index (κ2) is 6.56. The van der Waals surface area contributed by atoms with Gasteiger partial charge in [0.05, 0.1) is 24.1 Å². The summed E-state index contributed by atoms with van der Waals surface area (Å²) in [6.07, 6.45) is 0. The van der Waals surface area contributed by atoms with Crippen molar-refractivity contribution in [2.45, 2.75) is 6.92 Å². The number of nitrogens with one attached hydrogen (secondary N) is 1. The number of hydrogen-bond donors (Lipinski definition) is 2. The van der Waals surface area contributed by atoms with E-state index in [4.69, 9.17) is 9.84 Å². The Balaban J connectivity index is 2.12. The van der Waals surface area contributed by atoms with Gasteiger partial charge in [-0.1, -0.05) is 6.07 Å². The van der Waals surface area contributed by atoms with Crippen LogP contribution in [0.5, 0.6) is 5.75 Å². The summed E-state index contributed by atoms with van der Waals surface area (Å²) in [5, 5.41) is 13.2. The zero-order valence-electron chi connectivity index (χ0n) is 11.8. The molecule has 21 heavy (non-hydrogen) atoms. The van der Waals surface area contributed by atoms with Crippen LogP contribution in [0.2, 0.25) is 0 Å². The van der Waals surface area contributed by atoms with E-state index in [9.17, 15) is 4.79 Å². The molecule has 2 rings (SSSR count). The lowest BCUT2D eigenvalue weighted by Gasteiger charge is -2.05. The zero-order chi connectivity index (χ0) is 15.2. The Morgan fingerprint density at radius 2 is 1.86 bits per heavy atom. The summed E-state index contributed by atoms with van der Waals surface area (Å²) in [5.74, 6) is -0.178. The first-order valence-electron chi connectivity index (χ1n) is 6.38. The molecule has 108 valence electrons. The number of carbonyl (C=O) groups is 1. The smallest absolute Gasteiger partial charge is 0.335 e. The monoisotopic (exact) mass is 284 g/mol. The van der Waals surface area contributed by atoms with Gasteiger partial charge < -0.3 is 9.84 Å². The highest BCUT2D eigenvalue weighted by Gasteiger charge is 2.03. The van der Waals surface area contributed by atoms with Crippen LogP contribution in [0.15, 0.2) is 53.6 Å². The normalized spacial score (nSPS) is 11.0. The number of anilines is 1. The van der Waals surface area contributed by atoms with Crippen LogP contribution in [0.4, 0.5) is 5.69 Å². The van der Waals surface area contributed by atoms with Gasteiger partial charge in [-0.15, -0.1) is 0 Å². The van der Waals surface area contributed by atoms with E-state index in [1.807, 2.05) is 31.2 Å². The molecule has 2 aromatic carbocycles. The summed E-state index contributed by atoms with van der Waals surface area (Å²) in [5.41, 5.74) is 5.45. The molecule has 0 saturated heterocycles. The van der Waals surface area contributed by atoms with Gasteiger partial charge in [0, 0.05) is 0 Å². The van der Waals surface area contributed by atoms with Crippen LogP contribution in [0.3, 0.4) is 0 Å². The van der Waals surface area contributed by atoms with Crippen molar-refractivity contribution in [3.8, 4) is 5.75 Å². The second-order valence-electron chi connectivity index (χ2n) is 4.42. The maximum atomic E-state index is 10.9. The minimum absolute atomic E-state index is 0.220. The molecule has 0 spiro atoms. The van der Waals surface area contributed by atoms with Crippen LogP contribution in [0, 0.1) is 0 Å². The SMILES string of the molecule is COc1ccc(/C(C)=N\Nc2cccc(C(=O)O)c2)cc1. The molecule has 0 saturated carbocycles. The molecule has 0 unspecified atom stereocenters. The molecule has 0 aliphatic heterocycles. The van der Waals surface area contributed by atoms with Gasteiger partial charge in [-0.25, -0.2) is 4.79 Å². The van der Waals surface area contributed by atoms with E-state index >= 15 is 0 Å². The third-order valence-corrected chi connectivity index (χ3v) is 2.97. The fraction of sp³-hybridized carbons (Fsp3) is 0.125. The molecule has 0 amide bonds. The van der Waals surface area contributed by atoms with E-state index in [0.717, 1.165) is 17.0 Å². The van der Waals surface area contributed by atoms with Crippen molar-refractivity contribution in [2.75, 3.05) is 12.5 Å². The van der Waals surface area contributed by atoms with E-state index < -0.39 is 5.97 Å². The molecule has 0 bridgehead atoms. The van der Waals surface area contributed by atoms with Gasteiger partial charge in [0.1, 0.15) is 5.75 Å². The Morgan fingerprint density at radius 1 is 1.14 bits per heavy atom. The molecule has 0 fully saturated rings. The summed E-state index contributed by atoms with van der Waals surface area (Å²) in [6.45, 7) is 1.87. The Labute approximate surface area is 122 Å². The highest BCUT2D eigenvalue weighted by Crippen LogP contribution is 2.13. The topological polar surface area (TPSA) is 70.9 Å². The predicted octanol–water partition coefficient (Wildman–Crippen LogP) is 3.23. The van der Waals surface area contributed by atoms with Crippen molar-refractivity contribution in [3.05, 3.63) is 59.7 Å². The molecule has 0 aliphatic rings. The molecule has 5 heteroatoms. The first-order chi connectivity index (χ1) is 10.1. The molecule has 0 heterocycles. The largest absolute Gasteiger partial charge is 0.497 e. The van der Waals surface area contributed by atoms with Crippen LogP contribution < -0.4 is 10.2 Å². The number of carboxylic acids is 1. The van der Waals surface area contributed by atoms with E-state index in [0.29, 0.717) is 5.69 Å². The van der Waals surface area contributed by atoms with Crippen LogP contribution in [0.1, 0.15) is 22.8 Å². The van der Waals surface area contributed by atoms with Gasteiger partial charge in [0.2, 0.25) is 0 Å². The van der Waals surface area contributed by atoms with Crippen LogP contribution >= 0.6 is 0 Å². The Hall–Kier alpha value is -2.82. The fourth-order valence-electron chi connectivity index (χ4n) is 1.77. The van der Waals surface area contributed by atoms with Crippen molar-refractivity contribution >= 4 is 17.4 Å². The maximum absolute atomic E-state index is 10.9. The van der Waals surface area contributed by atoms with E-state index in [1.165, 1.54) is 12.1 Å². The van der Waals surface area contributed by atoms with Gasteiger partial charge in [-0.3, -0.25) is 5.43 Å². The summed E-state index contributed by atoms with van der Waals surface area (Å²) >= 11 is 0. The molecule has 0 atom stereocenters. The number of hydrazone groups is 1. The third-order valence-electron chi connectivity index (χ3n) is 2.97. The lowest BCUT2D eigenvalue weighted by molar-refractivity contribution is 0.0697. The van der Waals surface area contributed by atoms with Crippen molar-refractivity contribution in [1.29, 1.82) is 0 Å². The van der Waals surface area contributed by atoms with Gasteiger partial charge in [0.15, 0.2) is 0 Å². The average molecular weight is 284 g/mol. The standard InChI is InChI=1S/C16H16N2O3/c1-11(12-6-8-15(21-2)9-7-12)17-18-14-5-3-4-13(10-14)16(19)20/h3-10,18H,1-2H3,(H,19,20)/b17-11-. The van der Waals surface area contributed by atoms with Crippen LogP contribution in [-0.4, -0.2) is 23.9 Å². The molecular formula is C16H16N2O3. The van der Waals surface area contributed by atoms with Crippen molar-refractivity contribution < 1.29 is 14.6 Å². The highest BCUT2D eigenvalue weighted by atomic mass is 16.5. The first kappa shape index (κ1) is 14.6. The number of methoxy groups -OCH3 is 1. The van der Waals surface area contributed by atoms with Crippen molar-refractivity contribution in [2.24, 2.45) is 5.10 Å². The predicted molar refractivity (Wildman–Crippen MR) is 82.2 cm³/mol. The van der Waals surface area contributed by atoms with E-state index in [2.05, 4.69) is 10.5 Å². The maximum Gasteiger partial charge on any atom is 0.335 e. The second-order valence-corrected chi connectivity index (χ2v) is 4.42. The Bertz CT molecular complexity index is 663. The minimum Gasteiger partial charge on any atom is -0.497 e. The molecule has 2 aromatic rings. The molecule has 0 aliphatic carbocycles. The summed E-state index contributed by atoms with van der Waals surface area (Å²) in [6, 6.07) is 14.0. The summed E-state index contributed by atoms with van der Waals surface area (Å²) < 4.78 is 5.10. The van der Waals surface area contributed by atoms with Gasteiger partial charge in [0.25, 0.3) is 0 Å². The lowest BCUT2D eigenvalue weighted by Crippen LogP contribution is -2.01.